The van der Waals surface area contributed by atoms with Crippen LogP contribution in [-0.4, -0.2) is 18.5 Å². The van der Waals surface area contributed by atoms with E-state index in [4.69, 9.17) is 20.9 Å². The summed E-state index contributed by atoms with van der Waals surface area (Å²) in [6.45, 7) is 0. The predicted molar refractivity (Wildman–Crippen MR) is 77.9 cm³/mol. The van der Waals surface area contributed by atoms with E-state index in [1.54, 1.807) is 19.4 Å². The molecule has 102 valence electrons. The Labute approximate surface area is 119 Å². The average Bonchev–Trinajstić information content (AvgIpc) is 3.03. The molecule has 0 radical (unpaired) electrons. The maximum absolute atomic E-state index is 11.7. The third-order valence-corrected chi connectivity index (χ3v) is 3.37. The van der Waals surface area contributed by atoms with Gasteiger partial charge in [-0.05, 0) is 24.3 Å². The first-order valence-electron chi connectivity index (χ1n) is 5.93. The van der Waals surface area contributed by atoms with Crippen LogP contribution < -0.4 is 10.4 Å². The molecule has 2 aromatic rings. The topological polar surface area (TPSA) is 67.6 Å². The number of allylic oxidation sites excluding steroid dienone is 1. The lowest BCUT2D eigenvalue weighted by Gasteiger charge is -2.03. The number of hydrogen-bond acceptors (Lipinski definition) is 4. The highest BCUT2D eigenvalue weighted by molar-refractivity contribution is 6.22. The number of aliphatic imine (C=N–C) groups is 1. The molecule has 6 heteroatoms. The Morgan fingerprint density at radius 1 is 1.50 bits per heavy atom. The zero-order valence-electron chi connectivity index (χ0n) is 10.6. The van der Waals surface area contributed by atoms with Crippen LogP contribution in [0.3, 0.4) is 0 Å². The maximum Gasteiger partial charge on any atom is 0.364 e. The third kappa shape index (κ3) is 2.06. The van der Waals surface area contributed by atoms with Crippen molar-refractivity contribution in [3.63, 3.8) is 0 Å². The molecule has 1 aliphatic heterocycles. The van der Waals surface area contributed by atoms with E-state index in [9.17, 15) is 4.79 Å². The largest absolute Gasteiger partial charge is 0.497 e. The molecule has 2 heterocycles. The Morgan fingerprint density at radius 2 is 2.35 bits per heavy atom. The number of halogens is 1. The van der Waals surface area contributed by atoms with Crippen LogP contribution in [0.15, 0.2) is 32.5 Å². The number of aromatic nitrogens is 1. The quantitative estimate of drug-likeness (QED) is 0.884. The number of alkyl halides is 1. The van der Waals surface area contributed by atoms with Gasteiger partial charge in [-0.2, -0.15) is 0 Å². The summed E-state index contributed by atoms with van der Waals surface area (Å²) in [6, 6.07) is 5.59. The molecule has 1 aromatic heterocycles. The van der Waals surface area contributed by atoms with Gasteiger partial charge in [-0.15, -0.1) is 11.6 Å². The Kier molecular flexibility index (Phi) is 3.20. The minimum atomic E-state index is -0.446. The molecule has 0 aliphatic carbocycles. The normalized spacial score (nSPS) is 14.8. The van der Waals surface area contributed by atoms with E-state index in [0.29, 0.717) is 11.3 Å². The standard InChI is InChI=1S/C14H11ClN2O3/c1-19-9-2-3-12-10(5-9)8(7-16-12)4-11-13(6-15)17-20-14(11)18/h2-5,7,17H,6H2,1H3/b8-4-. The molecular weight excluding hydrogens is 280 g/mol. The van der Waals surface area contributed by atoms with Crippen LogP contribution in [0.1, 0.15) is 16.8 Å². The molecule has 0 fully saturated rings. The Balaban J connectivity index is 2.10. The second kappa shape index (κ2) is 5.02. The lowest BCUT2D eigenvalue weighted by Crippen LogP contribution is -1.98. The molecule has 0 amide bonds. The summed E-state index contributed by atoms with van der Waals surface area (Å²) < 4.78 is 9.95. The summed E-state index contributed by atoms with van der Waals surface area (Å²) in [6.07, 6.45) is 3.42. The van der Waals surface area contributed by atoms with Gasteiger partial charge in [0.15, 0.2) is 0 Å². The van der Waals surface area contributed by atoms with E-state index >= 15 is 0 Å². The van der Waals surface area contributed by atoms with Gasteiger partial charge in [-0.25, -0.2) is 9.95 Å². The highest BCUT2D eigenvalue weighted by Gasteiger charge is 2.16. The van der Waals surface area contributed by atoms with Crippen LogP contribution in [-0.2, 0) is 5.88 Å². The predicted octanol–water partition coefficient (Wildman–Crippen LogP) is 2.97. The van der Waals surface area contributed by atoms with Gasteiger partial charge in [0, 0.05) is 17.4 Å². The molecule has 0 saturated carbocycles. The van der Waals surface area contributed by atoms with Gasteiger partial charge in [0.2, 0.25) is 0 Å². The number of fused-ring (bicyclic) bond motifs is 1. The maximum atomic E-state index is 11.7. The number of rotatable bonds is 3. The van der Waals surface area contributed by atoms with Crippen LogP contribution in [0.4, 0.5) is 5.69 Å². The molecule has 0 saturated heterocycles. The summed E-state index contributed by atoms with van der Waals surface area (Å²) in [4.78, 5) is 15.9. The second-order valence-corrected chi connectivity index (χ2v) is 4.53. The summed E-state index contributed by atoms with van der Waals surface area (Å²) in [5.74, 6) is 0.909. The highest BCUT2D eigenvalue weighted by Crippen LogP contribution is 2.35. The van der Waals surface area contributed by atoms with Crippen LogP contribution in [0, 0.1) is 0 Å². The Morgan fingerprint density at radius 3 is 3.10 bits per heavy atom. The van der Waals surface area contributed by atoms with Gasteiger partial charge >= 0.3 is 5.63 Å². The van der Waals surface area contributed by atoms with Gasteiger partial charge in [-0.1, -0.05) is 0 Å². The van der Waals surface area contributed by atoms with Crippen molar-refractivity contribution in [1.82, 2.24) is 5.16 Å². The SMILES string of the molecule is COc1ccc2c(c1)/C(=C\c1c(CCl)[nH]oc1=O)C=N2. The third-order valence-electron chi connectivity index (χ3n) is 3.10. The summed E-state index contributed by atoms with van der Waals surface area (Å²) in [7, 11) is 1.60. The number of nitrogens with one attached hydrogen (secondary N) is 1. The monoisotopic (exact) mass is 290 g/mol. The second-order valence-electron chi connectivity index (χ2n) is 4.26. The first kappa shape index (κ1) is 12.7. The molecule has 5 nitrogen and oxygen atoms in total. The molecular formula is C14H11ClN2O3. The minimum Gasteiger partial charge on any atom is -0.497 e. The fourth-order valence-electron chi connectivity index (χ4n) is 2.05. The lowest BCUT2D eigenvalue weighted by molar-refractivity contribution is 0.386. The van der Waals surface area contributed by atoms with Crippen molar-refractivity contribution in [1.29, 1.82) is 0 Å². The van der Waals surface area contributed by atoms with E-state index < -0.39 is 5.63 Å². The number of ether oxygens (including phenoxy) is 1. The summed E-state index contributed by atoms with van der Waals surface area (Å²) in [5.41, 5.74) is 3.08. The van der Waals surface area contributed by atoms with Gasteiger partial charge in [0.25, 0.3) is 0 Å². The highest BCUT2D eigenvalue weighted by atomic mass is 35.5. The van der Waals surface area contributed by atoms with E-state index in [1.807, 2.05) is 18.2 Å². The Hall–Kier alpha value is -2.27. The van der Waals surface area contributed by atoms with Crippen LogP contribution in [0.25, 0.3) is 11.6 Å². The number of methoxy groups -OCH3 is 1. The first-order chi connectivity index (χ1) is 9.72. The molecule has 20 heavy (non-hydrogen) atoms. The summed E-state index contributed by atoms with van der Waals surface area (Å²) >= 11 is 5.77. The average molecular weight is 291 g/mol. The number of benzene rings is 1. The van der Waals surface area contributed by atoms with Crippen molar-refractivity contribution < 1.29 is 9.26 Å². The molecule has 1 aliphatic rings. The van der Waals surface area contributed by atoms with Gasteiger partial charge in [-0.3, -0.25) is 4.99 Å². The summed E-state index contributed by atoms with van der Waals surface area (Å²) in [5, 5.41) is 2.51. The minimum absolute atomic E-state index is 0.174. The van der Waals surface area contributed by atoms with Crippen LogP contribution in [0.2, 0.25) is 0 Å². The van der Waals surface area contributed by atoms with E-state index in [1.165, 1.54) is 0 Å². The van der Waals surface area contributed by atoms with Crippen LogP contribution in [0.5, 0.6) is 5.75 Å². The molecule has 0 spiro atoms. The zero-order chi connectivity index (χ0) is 14.1. The molecule has 0 atom stereocenters. The van der Waals surface area contributed by atoms with E-state index in [0.717, 1.165) is 22.6 Å². The van der Waals surface area contributed by atoms with Crippen molar-refractivity contribution in [2.45, 2.75) is 5.88 Å². The number of nitrogens with zero attached hydrogens (tertiary/aromatic N) is 1. The van der Waals surface area contributed by atoms with Crippen molar-refractivity contribution in [2.24, 2.45) is 4.99 Å². The fourth-order valence-corrected chi connectivity index (χ4v) is 2.25. The van der Waals surface area contributed by atoms with Crippen molar-refractivity contribution in [3.05, 3.63) is 45.4 Å². The van der Waals surface area contributed by atoms with Crippen molar-refractivity contribution in [2.75, 3.05) is 7.11 Å². The van der Waals surface area contributed by atoms with Crippen molar-refractivity contribution in [3.8, 4) is 5.75 Å². The molecule has 1 aromatic carbocycles. The smallest absolute Gasteiger partial charge is 0.364 e. The van der Waals surface area contributed by atoms with Gasteiger partial charge < -0.3 is 9.26 Å². The molecule has 0 unspecified atom stereocenters. The molecule has 0 bridgehead atoms. The molecule has 1 N–H and O–H groups in total. The van der Waals surface area contributed by atoms with E-state index in [-0.39, 0.29) is 5.88 Å². The lowest BCUT2D eigenvalue weighted by atomic mass is 10.0. The van der Waals surface area contributed by atoms with E-state index in [2.05, 4.69) is 10.1 Å². The van der Waals surface area contributed by atoms with Gasteiger partial charge in [0.05, 0.1) is 29.9 Å². The number of aromatic amines is 1. The fraction of sp³-hybridized carbons (Fsp3) is 0.143. The van der Waals surface area contributed by atoms with Crippen LogP contribution >= 0.6 is 11.6 Å². The Bertz CT molecular complexity index is 771. The number of H-pyrrole nitrogens is 1. The van der Waals surface area contributed by atoms with Gasteiger partial charge in [0.1, 0.15) is 5.75 Å². The first-order valence-corrected chi connectivity index (χ1v) is 6.47. The molecule has 3 rings (SSSR count). The zero-order valence-corrected chi connectivity index (χ0v) is 11.4. The van der Waals surface area contributed by atoms with Crippen molar-refractivity contribution >= 4 is 35.2 Å². The number of hydrogen-bond donors (Lipinski definition) is 1.